The molecule has 2 heterocycles. The highest BCUT2D eigenvalue weighted by atomic mass is 16.5. The van der Waals surface area contributed by atoms with Crippen molar-refractivity contribution in [3.05, 3.63) is 60.6 Å². The monoisotopic (exact) mass is 470 g/mol. The highest BCUT2D eigenvalue weighted by Gasteiger charge is 2.23. The van der Waals surface area contributed by atoms with Gasteiger partial charge in [-0.2, -0.15) is 0 Å². The van der Waals surface area contributed by atoms with E-state index in [1.54, 1.807) is 32.0 Å². The summed E-state index contributed by atoms with van der Waals surface area (Å²) in [5.74, 6) is 0.126. The van der Waals surface area contributed by atoms with Crippen molar-refractivity contribution in [2.24, 2.45) is 0 Å². The average Bonchev–Trinajstić information content (AvgIpc) is 2.80. The van der Waals surface area contributed by atoms with E-state index in [4.69, 9.17) is 14.9 Å². The van der Waals surface area contributed by atoms with Crippen LogP contribution in [0.4, 0.5) is 11.5 Å². The number of anilines is 2. The molecule has 10 nitrogen and oxygen atoms in total. The number of carbonyl (C=O) groups excluding carboxylic acids is 1. The molecule has 0 fully saturated rings. The van der Waals surface area contributed by atoms with Gasteiger partial charge in [0.25, 0.3) is 5.56 Å². The van der Waals surface area contributed by atoms with Crippen LogP contribution >= 0.6 is 0 Å². The first-order valence-corrected chi connectivity index (χ1v) is 11.3. The van der Waals surface area contributed by atoms with Crippen LogP contribution in [0, 0.1) is 6.92 Å². The van der Waals surface area contributed by atoms with Gasteiger partial charge in [-0.1, -0.05) is 13.3 Å². The van der Waals surface area contributed by atoms with Gasteiger partial charge in [-0.15, -0.1) is 0 Å². The van der Waals surface area contributed by atoms with Crippen molar-refractivity contribution < 1.29 is 13.9 Å². The number of methoxy groups -OCH3 is 1. The minimum Gasteiger partial charge on any atom is -0.497 e. The first-order chi connectivity index (χ1) is 16.2. The molecule has 0 radical (unpaired) electrons. The number of fused-ring (bicyclic) bond motifs is 1. The van der Waals surface area contributed by atoms with Crippen LogP contribution in [0.5, 0.6) is 5.75 Å². The molecule has 10 heteroatoms. The molecule has 0 bridgehead atoms. The summed E-state index contributed by atoms with van der Waals surface area (Å²) in [7, 11) is 1.53. The minimum absolute atomic E-state index is 0.0476. The molecule has 0 spiro atoms. The summed E-state index contributed by atoms with van der Waals surface area (Å²) in [6.45, 7) is 5.98. The lowest BCUT2D eigenvalue weighted by molar-refractivity contribution is -0.118. The maximum absolute atomic E-state index is 13.1. The number of nitrogen functional groups attached to an aromatic ring is 1. The first-order valence-electron chi connectivity index (χ1n) is 11.3. The quantitative estimate of drug-likeness (QED) is 0.457. The van der Waals surface area contributed by atoms with E-state index in [1.807, 2.05) is 6.92 Å². The van der Waals surface area contributed by atoms with E-state index >= 15 is 0 Å². The molecular formula is C24H30N4O6. The molecule has 182 valence electrons. The first kappa shape index (κ1) is 24.8. The fourth-order valence-corrected chi connectivity index (χ4v) is 3.99. The third-order valence-electron chi connectivity index (χ3n) is 5.92. The van der Waals surface area contributed by atoms with Gasteiger partial charge < -0.3 is 19.8 Å². The Morgan fingerprint density at radius 2 is 1.97 bits per heavy atom. The van der Waals surface area contributed by atoms with Crippen molar-refractivity contribution in [3.8, 4) is 5.75 Å². The van der Waals surface area contributed by atoms with Crippen molar-refractivity contribution in [1.82, 2.24) is 9.55 Å². The predicted octanol–water partition coefficient (Wildman–Crippen LogP) is 2.33. The van der Waals surface area contributed by atoms with Gasteiger partial charge in [0.05, 0.1) is 7.11 Å². The number of hydrogen-bond donors (Lipinski definition) is 2. The molecular weight excluding hydrogens is 440 g/mol. The molecule has 2 aromatic heterocycles. The fraction of sp³-hybridized carbons (Fsp3) is 0.417. The van der Waals surface area contributed by atoms with Crippen LogP contribution in [0.15, 0.2) is 37.0 Å². The number of H-pyrrole nitrogens is 1. The maximum atomic E-state index is 13.1. The largest absolute Gasteiger partial charge is 0.497 e. The second-order valence-corrected chi connectivity index (χ2v) is 7.99. The number of benzene rings is 1. The minimum atomic E-state index is -0.721. The molecule has 0 saturated heterocycles. The zero-order chi connectivity index (χ0) is 25.0. The zero-order valence-corrected chi connectivity index (χ0v) is 19.9. The van der Waals surface area contributed by atoms with Gasteiger partial charge in [-0.25, -0.2) is 9.59 Å². The van der Waals surface area contributed by atoms with Crippen LogP contribution in [0.1, 0.15) is 44.2 Å². The summed E-state index contributed by atoms with van der Waals surface area (Å²) in [6, 6.07) is 5.21. The van der Waals surface area contributed by atoms with Gasteiger partial charge >= 0.3 is 11.3 Å². The molecule has 3 aromatic rings. The predicted molar refractivity (Wildman–Crippen MR) is 131 cm³/mol. The number of carbonyl (C=O) groups is 1. The molecule has 1 aromatic carbocycles. The van der Waals surface area contributed by atoms with Crippen molar-refractivity contribution in [1.29, 1.82) is 0 Å². The Balaban J connectivity index is 1.91. The lowest BCUT2D eigenvalue weighted by Crippen LogP contribution is -2.41. The molecule has 0 saturated carbocycles. The standard InChI is InChI=1S/C24H30N4O6/c1-5-7-12-28-21(25)20(22(30)26-24(28)32)27(6-2)19(29)11-10-17-14(3)16-9-8-15(33-4)13-18(16)34-23(17)31/h8-9,13H,5-7,10-12,25H2,1-4H3,(H,26,30,32). The lowest BCUT2D eigenvalue weighted by atomic mass is 10.0. The van der Waals surface area contributed by atoms with Gasteiger partial charge in [0.1, 0.15) is 17.2 Å². The second kappa shape index (κ2) is 10.4. The van der Waals surface area contributed by atoms with E-state index < -0.39 is 22.8 Å². The number of ether oxygens (including phenoxy) is 1. The Hall–Kier alpha value is -3.82. The van der Waals surface area contributed by atoms with Crippen LogP contribution in [0.2, 0.25) is 0 Å². The normalized spacial score (nSPS) is 11.1. The van der Waals surface area contributed by atoms with Crippen LogP contribution in [-0.4, -0.2) is 29.1 Å². The van der Waals surface area contributed by atoms with E-state index in [2.05, 4.69) is 4.98 Å². The van der Waals surface area contributed by atoms with Crippen molar-refractivity contribution >= 4 is 28.4 Å². The summed E-state index contributed by atoms with van der Waals surface area (Å²) in [4.78, 5) is 54.0. The smallest absolute Gasteiger partial charge is 0.339 e. The number of nitrogens with one attached hydrogen (secondary N) is 1. The summed E-state index contributed by atoms with van der Waals surface area (Å²) in [6.07, 6.45) is 1.60. The Bertz CT molecular complexity index is 1390. The zero-order valence-electron chi connectivity index (χ0n) is 19.9. The number of aryl methyl sites for hydroxylation is 1. The van der Waals surface area contributed by atoms with Gasteiger partial charge in [0.15, 0.2) is 5.69 Å². The molecule has 0 aliphatic carbocycles. The van der Waals surface area contributed by atoms with Crippen LogP contribution < -0.4 is 32.2 Å². The topological polar surface area (TPSA) is 141 Å². The van der Waals surface area contributed by atoms with Gasteiger partial charge in [0.2, 0.25) is 5.91 Å². The van der Waals surface area contributed by atoms with Crippen LogP contribution in [0.25, 0.3) is 11.0 Å². The van der Waals surface area contributed by atoms with Crippen molar-refractivity contribution in [2.45, 2.75) is 53.0 Å². The van der Waals surface area contributed by atoms with E-state index in [-0.39, 0.29) is 30.9 Å². The Kier molecular flexibility index (Phi) is 7.60. The van der Waals surface area contributed by atoms with E-state index in [0.717, 1.165) is 17.4 Å². The van der Waals surface area contributed by atoms with E-state index in [0.29, 0.717) is 29.9 Å². The molecule has 3 rings (SSSR count). The molecule has 34 heavy (non-hydrogen) atoms. The summed E-state index contributed by atoms with van der Waals surface area (Å²) >= 11 is 0. The number of rotatable bonds is 9. The number of amides is 1. The summed E-state index contributed by atoms with van der Waals surface area (Å²) in [5.41, 5.74) is 5.75. The fourth-order valence-electron chi connectivity index (χ4n) is 3.99. The average molecular weight is 471 g/mol. The number of nitrogens with two attached hydrogens (primary N) is 1. The third-order valence-corrected chi connectivity index (χ3v) is 5.92. The number of hydrogen-bond acceptors (Lipinski definition) is 7. The lowest BCUT2D eigenvalue weighted by Gasteiger charge is -2.23. The number of unbranched alkanes of at least 4 members (excludes halogenated alkanes) is 1. The van der Waals surface area contributed by atoms with Crippen LogP contribution in [0.3, 0.4) is 0 Å². The molecule has 0 aliphatic rings. The highest BCUT2D eigenvalue weighted by molar-refractivity contribution is 5.95. The Morgan fingerprint density at radius 1 is 1.24 bits per heavy atom. The Morgan fingerprint density at radius 3 is 2.62 bits per heavy atom. The van der Waals surface area contributed by atoms with Crippen LogP contribution in [-0.2, 0) is 17.8 Å². The number of aromatic amines is 1. The molecule has 1 amide bonds. The van der Waals surface area contributed by atoms with E-state index in [9.17, 15) is 19.2 Å². The molecule has 0 aliphatic heterocycles. The third kappa shape index (κ3) is 4.75. The number of nitrogens with zero attached hydrogens (tertiary/aromatic N) is 2. The number of aromatic nitrogens is 2. The van der Waals surface area contributed by atoms with Crippen molar-refractivity contribution in [3.63, 3.8) is 0 Å². The van der Waals surface area contributed by atoms with Crippen molar-refractivity contribution in [2.75, 3.05) is 24.3 Å². The van der Waals surface area contributed by atoms with E-state index in [1.165, 1.54) is 16.6 Å². The van der Waals surface area contributed by atoms with Gasteiger partial charge in [-0.05, 0) is 44.4 Å². The SMILES string of the molecule is CCCCn1c(N)c(N(CC)C(=O)CCc2c(C)c3ccc(OC)cc3oc2=O)c(=O)[nH]c1=O. The summed E-state index contributed by atoms with van der Waals surface area (Å²) < 4.78 is 11.9. The molecule has 3 N–H and O–H groups in total. The molecule has 0 unspecified atom stereocenters. The van der Waals surface area contributed by atoms with Gasteiger partial charge in [0, 0.05) is 36.5 Å². The van der Waals surface area contributed by atoms with Gasteiger partial charge in [-0.3, -0.25) is 19.1 Å². The highest BCUT2D eigenvalue weighted by Crippen LogP contribution is 2.25. The second-order valence-electron chi connectivity index (χ2n) is 7.99. The summed E-state index contributed by atoms with van der Waals surface area (Å²) in [5, 5.41) is 0.749. The molecule has 0 atom stereocenters. The maximum Gasteiger partial charge on any atom is 0.339 e. The Labute approximate surface area is 195 Å².